The number of nitrogens with one attached hydrogen (secondary N) is 1. The number of hydrogen-bond acceptors (Lipinski definition) is 15. The van der Waals surface area contributed by atoms with E-state index in [0.29, 0.717) is 12.8 Å². The van der Waals surface area contributed by atoms with E-state index >= 15 is 0 Å². The lowest BCUT2D eigenvalue weighted by Gasteiger charge is -2.48. The average Bonchev–Trinajstić information content (AvgIpc) is 2.93. The molecule has 2 saturated heterocycles. The van der Waals surface area contributed by atoms with E-state index in [2.05, 4.69) is 5.32 Å². The molecule has 40 heavy (non-hydrogen) atoms. The van der Waals surface area contributed by atoms with Crippen LogP contribution in [0.3, 0.4) is 0 Å². The van der Waals surface area contributed by atoms with Crippen molar-refractivity contribution in [1.29, 1.82) is 0 Å². The van der Waals surface area contributed by atoms with E-state index in [4.69, 9.17) is 47.6 Å². The maximum Gasteiger partial charge on any atom is 0.249 e. The molecule has 0 unspecified atom stereocenters. The highest BCUT2D eigenvalue weighted by molar-refractivity contribution is 5.80. The van der Waals surface area contributed by atoms with Crippen molar-refractivity contribution in [3.63, 3.8) is 0 Å². The Balaban J connectivity index is 1.82. The minimum atomic E-state index is -1.76. The Hall–Kier alpha value is -1.16. The molecule has 1 aliphatic carbocycles. The predicted octanol–water partition coefficient (Wildman–Crippen LogP) is -6.06. The highest BCUT2D eigenvalue weighted by Gasteiger charge is 2.51. The topological polar surface area (TPSA) is 297 Å². The Morgan fingerprint density at radius 1 is 0.975 bits per heavy atom. The number of alkyl halides is 1. The van der Waals surface area contributed by atoms with Crippen molar-refractivity contribution in [1.82, 2.24) is 5.32 Å². The first-order chi connectivity index (χ1) is 18.9. The first-order valence-electron chi connectivity index (χ1n) is 13.5. The van der Waals surface area contributed by atoms with Crippen molar-refractivity contribution in [2.45, 2.75) is 117 Å². The lowest BCUT2D eigenvalue weighted by Crippen LogP contribution is -2.69. The normalized spacial score (nSPS) is 44.1. The maximum atomic E-state index is 13.7. The molecule has 2 heterocycles. The quantitative estimate of drug-likeness (QED) is 0.108. The second-order valence-electron chi connectivity index (χ2n) is 10.7. The summed E-state index contributed by atoms with van der Waals surface area (Å²) in [6.45, 7) is -0.817. The molecule has 16 nitrogen and oxygen atoms in total. The Kier molecular flexibility index (Phi) is 12.4. The first-order valence-corrected chi connectivity index (χ1v) is 13.5. The zero-order chi connectivity index (χ0) is 29.7. The summed E-state index contributed by atoms with van der Waals surface area (Å²) in [7, 11) is 0. The van der Waals surface area contributed by atoms with Gasteiger partial charge >= 0.3 is 0 Å². The van der Waals surface area contributed by atoms with Gasteiger partial charge in [0.2, 0.25) is 5.91 Å². The number of amides is 1. The summed E-state index contributed by atoms with van der Waals surface area (Å²) in [5.74, 6) is -0.970. The van der Waals surface area contributed by atoms with E-state index < -0.39 is 111 Å². The molecule has 0 spiro atoms. The number of carbonyl (C=O) groups excluding carboxylic acids is 1. The van der Waals surface area contributed by atoms with Crippen LogP contribution in [-0.4, -0.2) is 143 Å². The summed E-state index contributed by atoms with van der Waals surface area (Å²) in [5.41, 5.74) is 29.3. The molecule has 234 valence electrons. The van der Waals surface area contributed by atoms with Gasteiger partial charge in [0.05, 0.1) is 30.8 Å². The van der Waals surface area contributed by atoms with E-state index in [1.54, 1.807) is 0 Å². The number of ether oxygens (including phenoxy) is 4. The number of carbonyl (C=O) groups is 1. The third-order valence-corrected chi connectivity index (χ3v) is 7.66. The third kappa shape index (κ3) is 7.81. The van der Waals surface area contributed by atoms with E-state index in [9.17, 15) is 34.7 Å². The molecule has 0 bridgehead atoms. The van der Waals surface area contributed by atoms with Gasteiger partial charge < -0.3 is 78.5 Å². The SMILES string of the molecule is NC[C@H](F)C[C@H](O)C(=O)N[C@@H]1C[C@H](N)[C@@H](O[C@H]2O[C@H](CN)CC[C@H]2N)[C@H](O)[C@H]1O[C@H]1O[C@H](CO)[C@@H](O)[C@H](N)[C@H]1O. The van der Waals surface area contributed by atoms with E-state index in [1.807, 2.05) is 0 Å². The highest BCUT2D eigenvalue weighted by atomic mass is 19.1. The van der Waals surface area contributed by atoms with Crippen molar-refractivity contribution < 1.29 is 53.7 Å². The molecule has 2 aliphatic heterocycles. The Labute approximate surface area is 231 Å². The van der Waals surface area contributed by atoms with Gasteiger partial charge in [-0.15, -0.1) is 0 Å². The molecule has 0 aromatic rings. The summed E-state index contributed by atoms with van der Waals surface area (Å²) < 4.78 is 36.9. The summed E-state index contributed by atoms with van der Waals surface area (Å²) >= 11 is 0. The van der Waals surface area contributed by atoms with E-state index in [1.165, 1.54) is 0 Å². The minimum absolute atomic E-state index is 0.0655. The van der Waals surface area contributed by atoms with Crippen molar-refractivity contribution in [2.24, 2.45) is 28.7 Å². The predicted molar refractivity (Wildman–Crippen MR) is 136 cm³/mol. The van der Waals surface area contributed by atoms with Crippen LogP contribution >= 0.6 is 0 Å². The molecule has 17 heteroatoms. The Morgan fingerprint density at radius 2 is 1.65 bits per heavy atom. The van der Waals surface area contributed by atoms with Crippen molar-refractivity contribution in [2.75, 3.05) is 19.7 Å². The van der Waals surface area contributed by atoms with Crippen molar-refractivity contribution in [3.8, 4) is 0 Å². The fourth-order valence-electron chi connectivity index (χ4n) is 5.18. The van der Waals surface area contributed by atoms with Gasteiger partial charge in [0.15, 0.2) is 12.6 Å². The Morgan fingerprint density at radius 3 is 2.27 bits per heavy atom. The molecular weight excluding hydrogens is 539 g/mol. The second kappa shape index (κ2) is 14.8. The van der Waals surface area contributed by atoms with Gasteiger partial charge in [-0.3, -0.25) is 4.79 Å². The standard InChI is InChI=1S/C23H45FN6O10/c24-8(5-25)3-13(32)21(36)30-12-4-11(28)19(39-22-10(27)2-1-9(6-26)37-22)18(35)20(12)40-23-17(34)15(29)16(33)14(7-31)38-23/h8-20,22-23,31-35H,1-7,25-29H2,(H,30,36)/t8-,9+,10-,11+,12-,13+,14-,15+,16-,17-,18+,19-,20+,22-,23-/m1/s1. The number of aliphatic hydroxyl groups excluding tert-OH is 5. The lowest BCUT2D eigenvalue weighted by molar-refractivity contribution is -0.314. The number of nitrogens with two attached hydrogens (primary N) is 5. The molecule has 1 saturated carbocycles. The number of halogens is 1. The summed E-state index contributed by atoms with van der Waals surface area (Å²) in [6.07, 6.45) is -14.0. The number of aliphatic hydroxyl groups is 5. The molecule has 3 aliphatic rings. The molecule has 16 N–H and O–H groups in total. The maximum absolute atomic E-state index is 13.7. The van der Waals surface area contributed by atoms with Gasteiger partial charge in [0.1, 0.15) is 48.9 Å². The van der Waals surface area contributed by atoms with Crippen LogP contribution in [0.25, 0.3) is 0 Å². The second-order valence-corrected chi connectivity index (χ2v) is 10.7. The molecule has 0 aromatic carbocycles. The molecular formula is C23H45FN6O10. The number of hydrogen-bond donors (Lipinski definition) is 11. The van der Waals surface area contributed by atoms with E-state index in [0.717, 1.165) is 0 Å². The fourth-order valence-corrected chi connectivity index (χ4v) is 5.18. The molecule has 0 radical (unpaired) electrons. The van der Waals surface area contributed by atoms with Crippen LogP contribution in [-0.2, 0) is 23.7 Å². The van der Waals surface area contributed by atoms with Crippen molar-refractivity contribution in [3.05, 3.63) is 0 Å². The largest absolute Gasteiger partial charge is 0.394 e. The van der Waals surface area contributed by atoms with Crippen LogP contribution in [0, 0.1) is 0 Å². The minimum Gasteiger partial charge on any atom is -0.394 e. The Bertz CT molecular complexity index is 807. The molecule has 15 atom stereocenters. The zero-order valence-electron chi connectivity index (χ0n) is 22.2. The summed E-state index contributed by atoms with van der Waals surface area (Å²) in [5, 5.41) is 54.4. The van der Waals surface area contributed by atoms with E-state index in [-0.39, 0.29) is 19.1 Å². The highest BCUT2D eigenvalue weighted by Crippen LogP contribution is 2.31. The van der Waals surface area contributed by atoms with Gasteiger partial charge in [-0.05, 0) is 19.3 Å². The van der Waals surface area contributed by atoms with Crippen LogP contribution in [0.15, 0.2) is 0 Å². The van der Waals surface area contributed by atoms with Crippen LogP contribution in [0.1, 0.15) is 25.7 Å². The van der Waals surface area contributed by atoms with Gasteiger partial charge in [0.25, 0.3) is 0 Å². The molecule has 3 fully saturated rings. The third-order valence-electron chi connectivity index (χ3n) is 7.66. The monoisotopic (exact) mass is 584 g/mol. The molecule has 0 aromatic heterocycles. The van der Waals surface area contributed by atoms with Gasteiger partial charge in [0, 0.05) is 25.6 Å². The fraction of sp³-hybridized carbons (Fsp3) is 0.957. The first kappa shape index (κ1) is 33.3. The van der Waals surface area contributed by atoms with Crippen LogP contribution in [0.4, 0.5) is 4.39 Å². The lowest BCUT2D eigenvalue weighted by atomic mass is 9.83. The average molecular weight is 585 g/mol. The van der Waals surface area contributed by atoms with Crippen LogP contribution < -0.4 is 34.0 Å². The summed E-state index contributed by atoms with van der Waals surface area (Å²) in [6, 6.07) is -3.82. The van der Waals surface area contributed by atoms with Gasteiger partial charge in [-0.25, -0.2) is 4.39 Å². The molecule has 3 rings (SSSR count). The summed E-state index contributed by atoms with van der Waals surface area (Å²) in [4.78, 5) is 12.7. The van der Waals surface area contributed by atoms with Crippen LogP contribution in [0.5, 0.6) is 0 Å². The van der Waals surface area contributed by atoms with Gasteiger partial charge in [-0.1, -0.05) is 0 Å². The number of rotatable bonds is 11. The molecule has 1 amide bonds. The zero-order valence-corrected chi connectivity index (χ0v) is 22.2. The smallest absolute Gasteiger partial charge is 0.249 e. The van der Waals surface area contributed by atoms with Gasteiger partial charge in [-0.2, -0.15) is 0 Å². The van der Waals surface area contributed by atoms with Crippen molar-refractivity contribution >= 4 is 5.91 Å². The van der Waals surface area contributed by atoms with Crippen LogP contribution in [0.2, 0.25) is 0 Å².